The first-order valence-corrected chi connectivity index (χ1v) is 10.8. The molecule has 1 saturated carbocycles. The van der Waals surface area contributed by atoms with Gasteiger partial charge >= 0.3 is 0 Å². The van der Waals surface area contributed by atoms with Crippen LogP contribution >= 0.6 is 0 Å². The van der Waals surface area contributed by atoms with Crippen LogP contribution in [0.3, 0.4) is 0 Å². The highest BCUT2D eigenvalue weighted by Gasteiger charge is 2.36. The molecule has 0 spiro atoms. The van der Waals surface area contributed by atoms with Crippen LogP contribution in [0, 0.1) is 0 Å². The van der Waals surface area contributed by atoms with Gasteiger partial charge in [0.05, 0.1) is 6.04 Å². The quantitative estimate of drug-likeness (QED) is 0.810. The van der Waals surface area contributed by atoms with Gasteiger partial charge in [-0.05, 0) is 38.2 Å². The Morgan fingerprint density at radius 1 is 0.929 bits per heavy atom. The number of hydrogen-bond acceptors (Lipinski definition) is 4. The zero-order valence-corrected chi connectivity index (χ0v) is 16.8. The SMILES string of the molecule is CC(C(=O)NC1CC1)N1CCN(C(C(=O)N2CCCC2)c2ccccc2)CC1. The van der Waals surface area contributed by atoms with Crippen LogP contribution in [0.1, 0.15) is 44.2 Å². The van der Waals surface area contributed by atoms with Crippen molar-refractivity contribution in [1.29, 1.82) is 0 Å². The number of benzene rings is 1. The summed E-state index contributed by atoms with van der Waals surface area (Å²) in [7, 11) is 0. The third-order valence-electron chi connectivity index (χ3n) is 6.33. The van der Waals surface area contributed by atoms with Crippen LogP contribution in [0.5, 0.6) is 0 Å². The maximum atomic E-state index is 13.3. The minimum atomic E-state index is -0.211. The summed E-state index contributed by atoms with van der Waals surface area (Å²) in [5, 5.41) is 3.11. The number of nitrogens with zero attached hydrogens (tertiary/aromatic N) is 3. The largest absolute Gasteiger partial charge is 0.352 e. The average molecular weight is 385 g/mol. The Bertz CT molecular complexity index is 677. The zero-order valence-electron chi connectivity index (χ0n) is 16.8. The maximum Gasteiger partial charge on any atom is 0.244 e. The minimum absolute atomic E-state index is 0.104. The Morgan fingerprint density at radius 2 is 1.54 bits per heavy atom. The Labute approximate surface area is 167 Å². The van der Waals surface area contributed by atoms with E-state index in [1.54, 1.807) is 0 Å². The van der Waals surface area contributed by atoms with Crippen molar-refractivity contribution in [2.75, 3.05) is 39.3 Å². The highest BCUT2D eigenvalue weighted by molar-refractivity contribution is 5.84. The number of hydrogen-bond donors (Lipinski definition) is 1. The number of amides is 2. The lowest BCUT2D eigenvalue weighted by molar-refractivity contribution is -0.138. The molecule has 2 aliphatic heterocycles. The van der Waals surface area contributed by atoms with E-state index in [2.05, 4.69) is 27.2 Å². The Kier molecular flexibility index (Phi) is 5.97. The molecule has 0 bridgehead atoms. The van der Waals surface area contributed by atoms with Gasteiger partial charge in [-0.15, -0.1) is 0 Å². The van der Waals surface area contributed by atoms with E-state index < -0.39 is 0 Å². The number of rotatable bonds is 6. The number of piperazine rings is 1. The predicted octanol–water partition coefficient (Wildman–Crippen LogP) is 1.63. The smallest absolute Gasteiger partial charge is 0.244 e. The lowest BCUT2D eigenvalue weighted by Gasteiger charge is -2.41. The first-order valence-electron chi connectivity index (χ1n) is 10.8. The van der Waals surface area contributed by atoms with Gasteiger partial charge in [0.15, 0.2) is 0 Å². The summed E-state index contributed by atoms with van der Waals surface area (Å²) >= 11 is 0. The molecule has 2 amide bonds. The fourth-order valence-electron chi connectivity index (χ4n) is 4.35. The van der Waals surface area contributed by atoms with Crippen molar-refractivity contribution in [3.05, 3.63) is 35.9 Å². The summed E-state index contributed by atoms with van der Waals surface area (Å²) in [5.41, 5.74) is 1.08. The van der Waals surface area contributed by atoms with E-state index >= 15 is 0 Å². The fourth-order valence-corrected chi connectivity index (χ4v) is 4.35. The van der Waals surface area contributed by atoms with E-state index in [4.69, 9.17) is 0 Å². The Balaban J connectivity index is 1.41. The molecule has 152 valence electrons. The Hall–Kier alpha value is -1.92. The molecular formula is C22H32N4O2. The molecule has 3 fully saturated rings. The predicted molar refractivity (Wildman–Crippen MR) is 109 cm³/mol. The number of nitrogens with one attached hydrogen (secondary N) is 1. The second-order valence-corrected chi connectivity index (χ2v) is 8.38. The van der Waals surface area contributed by atoms with Crippen LogP contribution in [-0.2, 0) is 9.59 Å². The van der Waals surface area contributed by atoms with Crippen LogP contribution in [0.4, 0.5) is 0 Å². The summed E-state index contributed by atoms with van der Waals surface area (Å²) in [4.78, 5) is 32.3. The van der Waals surface area contributed by atoms with Crippen LogP contribution in [0.15, 0.2) is 30.3 Å². The standard InChI is InChI=1S/C22H32N4O2/c1-17(21(27)23-19-9-10-19)24-13-15-25(16-14-24)20(18-7-3-2-4-8-18)22(28)26-11-5-6-12-26/h2-4,7-8,17,19-20H,5-6,9-16H2,1H3,(H,23,27). The van der Waals surface area contributed by atoms with E-state index in [9.17, 15) is 9.59 Å². The molecule has 6 nitrogen and oxygen atoms in total. The van der Waals surface area contributed by atoms with Gasteiger partial charge in [0.25, 0.3) is 0 Å². The van der Waals surface area contributed by atoms with Crippen molar-refractivity contribution in [3.8, 4) is 0 Å². The first kappa shape index (κ1) is 19.4. The molecule has 4 rings (SSSR count). The van der Waals surface area contributed by atoms with Gasteiger partial charge in [-0.3, -0.25) is 19.4 Å². The van der Waals surface area contributed by atoms with E-state index in [1.807, 2.05) is 30.0 Å². The molecule has 1 N–H and O–H groups in total. The van der Waals surface area contributed by atoms with Gasteiger partial charge in [-0.1, -0.05) is 30.3 Å². The van der Waals surface area contributed by atoms with Gasteiger partial charge in [0.2, 0.25) is 11.8 Å². The molecule has 6 heteroatoms. The second-order valence-electron chi connectivity index (χ2n) is 8.38. The van der Waals surface area contributed by atoms with E-state index in [-0.39, 0.29) is 23.9 Å². The lowest BCUT2D eigenvalue weighted by Crippen LogP contribution is -2.56. The molecule has 3 aliphatic rings. The summed E-state index contributed by atoms with van der Waals surface area (Å²) in [6.07, 6.45) is 4.44. The Morgan fingerprint density at radius 3 is 2.14 bits per heavy atom. The van der Waals surface area contributed by atoms with E-state index in [1.165, 1.54) is 0 Å². The monoisotopic (exact) mass is 384 g/mol. The van der Waals surface area contributed by atoms with Crippen LogP contribution in [0.25, 0.3) is 0 Å². The minimum Gasteiger partial charge on any atom is -0.352 e. The molecule has 1 aliphatic carbocycles. The molecule has 1 aromatic carbocycles. The van der Waals surface area contributed by atoms with Crippen molar-refractivity contribution in [2.45, 2.75) is 50.7 Å². The van der Waals surface area contributed by atoms with Crippen LogP contribution in [-0.4, -0.2) is 77.9 Å². The number of carbonyl (C=O) groups is 2. The third kappa shape index (κ3) is 4.39. The molecule has 2 atom stereocenters. The molecule has 28 heavy (non-hydrogen) atoms. The van der Waals surface area contributed by atoms with Gasteiger partial charge in [0.1, 0.15) is 6.04 Å². The molecule has 2 saturated heterocycles. The van der Waals surface area contributed by atoms with Gasteiger partial charge in [-0.2, -0.15) is 0 Å². The molecule has 0 aromatic heterocycles. The molecule has 0 radical (unpaired) electrons. The summed E-state index contributed by atoms with van der Waals surface area (Å²) < 4.78 is 0. The van der Waals surface area contributed by atoms with Crippen molar-refractivity contribution < 1.29 is 9.59 Å². The van der Waals surface area contributed by atoms with Gasteiger partial charge in [0, 0.05) is 45.3 Å². The van der Waals surface area contributed by atoms with Gasteiger partial charge in [-0.25, -0.2) is 0 Å². The van der Waals surface area contributed by atoms with Gasteiger partial charge < -0.3 is 10.2 Å². The molecule has 2 unspecified atom stereocenters. The van der Waals surface area contributed by atoms with Crippen LogP contribution < -0.4 is 5.32 Å². The van der Waals surface area contributed by atoms with Crippen molar-refractivity contribution >= 4 is 11.8 Å². The first-order chi connectivity index (χ1) is 13.6. The topological polar surface area (TPSA) is 55.9 Å². The summed E-state index contributed by atoms with van der Waals surface area (Å²) in [6.45, 7) is 6.99. The average Bonchev–Trinajstić information content (AvgIpc) is 3.37. The molecule has 1 aromatic rings. The normalized spacial score (nSPS) is 23.4. The second kappa shape index (κ2) is 8.62. The van der Waals surface area contributed by atoms with E-state index in [0.29, 0.717) is 6.04 Å². The third-order valence-corrected chi connectivity index (χ3v) is 6.33. The van der Waals surface area contributed by atoms with Crippen molar-refractivity contribution in [2.24, 2.45) is 0 Å². The lowest BCUT2D eigenvalue weighted by atomic mass is 10.0. The van der Waals surface area contributed by atoms with E-state index in [0.717, 1.165) is 70.5 Å². The number of likely N-dealkylation sites (tertiary alicyclic amines) is 1. The number of carbonyl (C=O) groups excluding carboxylic acids is 2. The fraction of sp³-hybridized carbons (Fsp3) is 0.636. The van der Waals surface area contributed by atoms with Crippen molar-refractivity contribution in [3.63, 3.8) is 0 Å². The maximum absolute atomic E-state index is 13.3. The van der Waals surface area contributed by atoms with Crippen LogP contribution in [0.2, 0.25) is 0 Å². The highest BCUT2D eigenvalue weighted by atomic mass is 16.2. The zero-order chi connectivity index (χ0) is 19.5. The molecule has 2 heterocycles. The summed E-state index contributed by atoms with van der Waals surface area (Å²) in [5.74, 6) is 0.375. The summed E-state index contributed by atoms with van der Waals surface area (Å²) in [6, 6.07) is 10.2. The molecular weight excluding hydrogens is 352 g/mol. The highest BCUT2D eigenvalue weighted by Crippen LogP contribution is 2.27. The van der Waals surface area contributed by atoms with Crippen molar-refractivity contribution in [1.82, 2.24) is 20.0 Å².